The van der Waals surface area contributed by atoms with Crippen molar-refractivity contribution in [3.8, 4) is 0 Å². The molecular formula is C10H13Cl2NO2S. The van der Waals surface area contributed by atoms with Crippen LogP contribution in [0.4, 0.5) is 0 Å². The summed E-state index contributed by atoms with van der Waals surface area (Å²) in [6.45, 7) is 2.01. The van der Waals surface area contributed by atoms with Crippen molar-refractivity contribution in [2.45, 2.75) is 25.8 Å². The van der Waals surface area contributed by atoms with Gasteiger partial charge in [-0.05, 0) is 25.8 Å². The Morgan fingerprint density at radius 3 is 2.81 bits per heavy atom. The predicted molar refractivity (Wildman–Crippen MR) is 67.6 cm³/mol. The minimum Gasteiger partial charge on any atom is -0.396 e. The van der Waals surface area contributed by atoms with Gasteiger partial charge in [-0.2, -0.15) is 0 Å². The first kappa shape index (κ1) is 13.8. The largest absolute Gasteiger partial charge is 0.396 e. The summed E-state index contributed by atoms with van der Waals surface area (Å²) >= 11 is 12.8. The van der Waals surface area contributed by atoms with Crippen LogP contribution >= 0.6 is 34.5 Å². The molecule has 0 aliphatic heterocycles. The third-order valence-corrected chi connectivity index (χ3v) is 3.56. The van der Waals surface area contributed by atoms with Crippen LogP contribution in [0.3, 0.4) is 0 Å². The normalized spacial score (nSPS) is 12.5. The molecular weight excluding hydrogens is 269 g/mol. The molecule has 1 aromatic rings. The van der Waals surface area contributed by atoms with Crippen molar-refractivity contribution in [1.29, 1.82) is 0 Å². The van der Waals surface area contributed by atoms with Crippen LogP contribution < -0.4 is 5.32 Å². The number of aliphatic hydroxyl groups is 1. The molecule has 0 aliphatic carbocycles. The molecule has 1 amide bonds. The molecule has 0 aliphatic rings. The van der Waals surface area contributed by atoms with Crippen molar-refractivity contribution in [1.82, 2.24) is 5.32 Å². The number of amides is 1. The lowest BCUT2D eigenvalue weighted by atomic mass is 10.2. The Kier molecular flexibility index (Phi) is 5.55. The number of rotatable bonds is 5. The molecule has 0 aromatic carbocycles. The van der Waals surface area contributed by atoms with Crippen molar-refractivity contribution in [3.05, 3.63) is 20.3 Å². The predicted octanol–water partition coefficient (Wildman–Crippen LogP) is 2.95. The van der Waals surface area contributed by atoms with Crippen LogP contribution in [0.2, 0.25) is 8.67 Å². The summed E-state index contributed by atoms with van der Waals surface area (Å²) in [5, 5.41) is 11.5. The Morgan fingerprint density at radius 1 is 1.62 bits per heavy atom. The van der Waals surface area contributed by atoms with Crippen molar-refractivity contribution < 1.29 is 9.90 Å². The van der Waals surface area contributed by atoms with E-state index in [0.717, 1.165) is 6.42 Å². The number of hydrogen-bond acceptors (Lipinski definition) is 3. The van der Waals surface area contributed by atoms with Gasteiger partial charge in [-0.15, -0.1) is 11.3 Å². The maximum absolute atomic E-state index is 11.7. The van der Waals surface area contributed by atoms with E-state index in [-0.39, 0.29) is 18.6 Å². The molecule has 16 heavy (non-hydrogen) atoms. The highest BCUT2D eigenvalue weighted by Gasteiger charge is 2.15. The number of nitrogens with one attached hydrogen (secondary N) is 1. The lowest BCUT2D eigenvalue weighted by Crippen LogP contribution is -2.32. The first-order chi connectivity index (χ1) is 7.54. The van der Waals surface area contributed by atoms with Gasteiger partial charge in [-0.1, -0.05) is 23.2 Å². The monoisotopic (exact) mass is 281 g/mol. The molecule has 90 valence electrons. The molecule has 2 N–H and O–H groups in total. The maximum atomic E-state index is 11.7. The molecule has 1 atom stereocenters. The number of hydrogen-bond donors (Lipinski definition) is 2. The molecule has 1 rings (SSSR count). The van der Waals surface area contributed by atoms with E-state index in [4.69, 9.17) is 28.3 Å². The van der Waals surface area contributed by atoms with Crippen molar-refractivity contribution >= 4 is 40.4 Å². The molecule has 0 saturated heterocycles. The van der Waals surface area contributed by atoms with Gasteiger partial charge in [0.05, 0.1) is 9.90 Å². The summed E-state index contributed by atoms with van der Waals surface area (Å²) in [6.07, 6.45) is 1.40. The number of carbonyl (C=O) groups is 1. The van der Waals surface area contributed by atoms with E-state index >= 15 is 0 Å². The van der Waals surface area contributed by atoms with Gasteiger partial charge in [-0.3, -0.25) is 4.79 Å². The van der Waals surface area contributed by atoms with E-state index < -0.39 is 0 Å². The smallest absolute Gasteiger partial charge is 0.253 e. The van der Waals surface area contributed by atoms with Crippen molar-refractivity contribution in [3.63, 3.8) is 0 Å². The van der Waals surface area contributed by atoms with Crippen LogP contribution in [0.5, 0.6) is 0 Å². The summed E-state index contributed by atoms with van der Waals surface area (Å²) in [7, 11) is 0. The van der Waals surface area contributed by atoms with Crippen LogP contribution in [-0.2, 0) is 0 Å². The first-order valence-corrected chi connectivity index (χ1v) is 6.48. The summed E-state index contributed by atoms with van der Waals surface area (Å²) in [5.74, 6) is -0.224. The van der Waals surface area contributed by atoms with Gasteiger partial charge < -0.3 is 10.4 Å². The van der Waals surface area contributed by atoms with E-state index in [0.29, 0.717) is 20.7 Å². The standard InChI is InChI=1S/C10H13Cl2NO2S/c1-6(3-2-4-14)13-10(15)7-5-8(11)16-9(7)12/h5-6,14H,2-4H2,1H3,(H,13,15). The summed E-state index contributed by atoms with van der Waals surface area (Å²) < 4.78 is 0.898. The van der Waals surface area contributed by atoms with Gasteiger partial charge >= 0.3 is 0 Å². The van der Waals surface area contributed by atoms with Gasteiger partial charge in [0.2, 0.25) is 0 Å². The Balaban J connectivity index is 2.55. The lowest BCUT2D eigenvalue weighted by Gasteiger charge is -2.12. The van der Waals surface area contributed by atoms with Crippen LogP contribution in [0.25, 0.3) is 0 Å². The molecule has 0 fully saturated rings. The highest BCUT2D eigenvalue weighted by atomic mass is 35.5. The topological polar surface area (TPSA) is 49.3 Å². The Hall–Kier alpha value is -0.290. The van der Waals surface area contributed by atoms with Crippen LogP contribution in [0.15, 0.2) is 6.07 Å². The second-order valence-corrected chi connectivity index (χ2v) is 5.76. The fourth-order valence-corrected chi connectivity index (χ4v) is 2.72. The number of carbonyl (C=O) groups excluding carboxylic acids is 1. The first-order valence-electron chi connectivity index (χ1n) is 4.91. The Morgan fingerprint density at radius 2 is 2.31 bits per heavy atom. The average Bonchev–Trinajstić information content (AvgIpc) is 2.54. The SMILES string of the molecule is CC(CCCO)NC(=O)c1cc(Cl)sc1Cl. The average molecular weight is 282 g/mol. The zero-order chi connectivity index (χ0) is 12.1. The highest BCUT2D eigenvalue weighted by molar-refractivity contribution is 7.20. The summed E-state index contributed by atoms with van der Waals surface area (Å²) in [5.41, 5.74) is 0.410. The minimum atomic E-state index is -0.224. The molecule has 0 spiro atoms. The number of thiophene rings is 1. The van der Waals surface area contributed by atoms with E-state index in [1.807, 2.05) is 6.92 Å². The molecule has 0 radical (unpaired) electrons. The summed E-state index contributed by atoms with van der Waals surface area (Å²) in [4.78, 5) is 11.7. The van der Waals surface area contributed by atoms with Crippen molar-refractivity contribution in [2.75, 3.05) is 6.61 Å². The second kappa shape index (κ2) is 6.45. The quantitative estimate of drug-likeness (QED) is 0.872. The molecule has 6 heteroatoms. The molecule has 3 nitrogen and oxygen atoms in total. The third-order valence-electron chi connectivity index (χ3n) is 2.07. The lowest BCUT2D eigenvalue weighted by molar-refractivity contribution is 0.0937. The zero-order valence-corrected chi connectivity index (χ0v) is 11.1. The Bertz CT molecular complexity index is 368. The number of halogens is 2. The van der Waals surface area contributed by atoms with Gasteiger partial charge in [-0.25, -0.2) is 0 Å². The van der Waals surface area contributed by atoms with Crippen molar-refractivity contribution in [2.24, 2.45) is 0 Å². The molecule has 1 heterocycles. The molecule has 1 unspecified atom stereocenters. The summed E-state index contributed by atoms with van der Waals surface area (Å²) in [6, 6.07) is 1.57. The van der Waals surface area contributed by atoms with Gasteiger partial charge in [0.15, 0.2) is 0 Å². The molecule has 1 aromatic heterocycles. The third kappa shape index (κ3) is 3.94. The molecule has 0 saturated carbocycles. The van der Waals surface area contributed by atoms with Gasteiger partial charge in [0.25, 0.3) is 5.91 Å². The van der Waals surface area contributed by atoms with Crippen LogP contribution in [-0.4, -0.2) is 23.7 Å². The van der Waals surface area contributed by atoms with E-state index in [9.17, 15) is 4.79 Å². The van der Waals surface area contributed by atoms with E-state index in [1.54, 1.807) is 6.07 Å². The van der Waals surface area contributed by atoms with Gasteiger partial charge in [0, 0.05) is 12.6 Å². The van der Waals surface area contributed by atoms with Crippen LogP contribution in [0, 0.1) is 0 Å². The maximum Gasteiger partial charge on any atom is 0.253 e. The fraction of sp³-hybridized carbons (Fsp3) is 0.500. The van der Waals surface area contributed by atoms with Gasteiger partial charge in [0.1, 0.15) is 4.34 Å². The zero-order valence-electron chi connectivity index (χ0n) is 8.80. The highest BCUT2D eigenvalue weighted by Crippen LogP contribution is 2.31. The second-order valence-electron chi connectivity index (χ2n) is 3.48. The fourth-order valence-electron chi connectivity index (χ4n) is 1.27. The molecule has 0 bridgehead atoms. The van der Waals surface area contributed by atoms with Crippen LogP contribution in [0.1, 0.15) is 30.1 Å². The minimum absolute atomic E-state index is 0.00870. The number of aliphatic hydroxyl groups excluding tert-OH is 1. The Labute approximate surface area is 108 Å². The van der Waals surface area contributed by atoms with E-state index in [2.05, 4.69) is 5.32 Å². The van der Waals surface area contributed by atoms with E-state index in [1.165, 1.54) is 11.3 Å².